The van der Waals surface area contributed by atoms with E-state index < -0.39 is 223 Å². The van der Waals surface area contributed by atoms with Crippen molar-refractivity contribution in [3.05, 3.63) is 157 Å². The summed E-state index contributed by atoms with van der Waals surface area (Å²) in [6.45, 7) is 0. The average Bonchev–Trinajstić information content (AvgIpc) is 3.73. The monoisotopic (exact) mass is 588 g/mol. The van der Waals surface area contributed by atoms with Gasteiger partial charge in [-0.25, -0.2) is 0 Å². The van der Waals surface area contributed by atoms with Crippen molar-refractivity contribution in [2.75, 3.05) is 0 Å². The molecule has 0 aliphatic heterocycles. The highest BCUT2D eigenvalue weighted by molar-refractivity contribution is 7.25. The summed E-state index contributed by atoms with van der Waals surface area (Å²) in [4.78, 5) is 0. The minimum atomic E-state index is -1.06. The van der Waals surface area contributed by atoms with E-state index >= 15 is 0 Å². The summed E-state index contributed by atoms with van der Waals surface area (Å²) < 4.78 is 232. The molecule has 0 radical (unpaired) electrons. The predicted molar refractivity (Wildman–Crippen MR) is 188 cm³/mol. The number of rotatable bonds is 3. The Morgan fingerprint density at radius 3 is 1.53 bits per heavy atom. The van der Waals surface area contributed by atoms with Crippen LogP contribution < -0.4 is 0 Å². The molecule has 8 aromatic carbocycles. The van der Waals surface area contributed by atoms with Crippen LogP contribution in [0.25, 0.3) is 85.9 Å². The lowest BCUT2D eigenvalue weighted by Crippen LogP contribution is -1.91. The minimum absolute atomic E-state index is 0.0873. The summed E-state index contributed by atoms with van der Waals surface area (Å²) in [7, 11) is 0. The molecule has 0 bridgehead atoms. The molecule has 1 aromatic heterocycles. The van der Waals surface area contributed by atoms with Crippen LogP contribution in [0.4, 0.5) is 0 Å². The van der Waals surface area contributed by atoms with Crippen molar-refractivity contribution in [3.8, 4) is 33.4 Å². The zero-order valence-electron chi connectivity index (χ0n) is 47.4. The van der Waals surface area contributed by atoms with Crippen molar-refractivity contribution in [1.29, 1.82) is 0 Å². The standard InChI is InChI=1S/C42H26S/c1-2-12-31-27(10-1)11-9-18-32(31)28-20-22-29(23-21-28)41-35-14-3-5-16-37(35)42(38-17-6-4-15-36(38)41)30-24-25-34-33-13-7-8-19-39(33)43-40(34)26-30/h1-26H/i1D,2D,3D,4D,5D,6D,7D,8D,9D,10D,11D,12D,13D,14D,15D,16D,17D,18D,19D,20D,21D,22D,23D,24D,25D,26D. The van der Waals surface area contributed by atoms with Gasteiger partial charge in [0.15, 0.2) is 0 Å². The van der Waals surface area contributed by atoms with Crippen LogP contribution in [0.5, 0.6) is 0 Å². The van der Waals surface area contributed by atoms with E-state index in [0.29, 0.717) is 11.3 Å². The van der Waals surface area contributed by atoms with Crippen molar-refractivity contribution < 1.29 is 35.6 Å². The summed E-state index contributed by atoms with van der Waals surface area (Å²) in [5.74, 6) is 0. The molecule has 0 amide bonds. The van der Waals surface area contributed by atoms with E-state index in [9.17, 15) is 15.1 Å². The molecule has 0 aliphatic carbocycles. The lowest BCUT2D eigenvalue weighted by atomic mass is 9.85. The Morgan fingerprint density at radius 2 is 0.837 bits per heavy atom. The highest BCUT2D eigenvalue weighted by Crippen LogP contribution is 2.45. The summed E-state index contributed by atoms with van der Waals surface area (Å²) in [6, 6.07) is -22.2. The molecule has 0 N–H and O–H groups in total. The lowest BCUT2D eigenvalue weighted by molar-refractivity contribution is 1.63. The van der Waals surface area contributed by atoms with Crippen LogP contribution >= 0.6 is 11.3 Å². The lowest BCUT2D eigenvalue weighted by Gasteiger charge is -2.18. The number of fused-ring (bicyclic) bond motifs is 6. The zero-order valence-corrected chi connectivity index (χ0v) is 22.2. The number of thiophene rings is 1. The fraction of sp³-hybridized carbons (Fsp3) is 0. The van der Waals surface area contributed by atoms with Gasteiger partial charge in [0.2, 0.25) is 0 Å². The highest BCUT2D eigenvalue weighted by atomic mass is 32.1. The molecule has 0 saturated carbocycles. The molecule has 0 unspecified atom stereocenters. The number of hydrogen-bond donors (Lipinski definition) is 0. The molecule has 0 fully saturated rings. The van der Waals surface area contributed by atoms with Gasteiger partial charge in [0.25, 0.3) is 0 Å². The highest BCUT2D eigenvalue weighted by Gasteiger charge is 2.17. The maximum atomic E-state index is 9.60. The number of hydrogen-bond acceptors (Lipinski definition) is 1. The first-order valence-corrected chi connectivity index (χ1v) is 13.5. The Morgan fingerprint density at radius 1 is 0.349 bits per heavy atom. The van der Waals surface area contributed by atoms with Gasteiger partial charge in [-0.3, -0.25) is 0 Å². The van der Waals surface area contributed by atoms with Crippen molar-refractivity contribution in [2.24, 2.45) is 0 Å². The molecule has 9 rings (SSSR count). The molecule has 0 spiro atoms. The van der Waals surface area contributed by atoms with E-state index in [1.54, 1.807) is 0 Å². The van der Waals surface area contributed by atoms with Crippen molar-refractivity contribution >= 4 is 63.8 Å². The van der Waals surface area contributed by atoms with Crippen LogP contribution in [0.2, 0.25) is 0 Å². The summed E-state index contributed by atoms with van der Waals surface area (Å²) in [6.07, 6.45) is 0. The second-order valence-electron chi connectivity index (χ2n) is 9.26. The average molecular weight is 589 g/mol. The molecule has 43 heavy (non-hydrogen) atoms. The second kappa shape index (κ2) is 9.66. The third-order valence-corrected chi connectivity index (χ3v) is 7.97. The van der Waals surface area contributed by atoms with Crippen LogP contribution in [0.1, 0.15) is 35.6 Å². The Hall–Kier alpha value is -5.24. The summed E-state index contributed by atoms with van der Waals surface area (Å²) in [5, 5.41) is -4.22. The van der Waals surface area contributed by atoms with Crippen LogP contribution in [0, 0.1) is 0 Å². The predicted octanol–water partition coefficient (Wildman–Crippen LogP) is 12.5. The van der Waals surface area contributed by atoms with Gasteiger partial charge in [-0.05, 0) is 77.8 Å². The van der Waals surface area contributed by atoms with E-state index in [0.717, 1.165) is 0 Å². The van der Waals surface area contributed by atoms with E-state index in [1.807, 2.05) is 0 Å². The van der Waals surface area contributed by atoms with E-state index in [1.165, 1.54) is 0 Å². The topological polar surface area (TPSA) is 0 Å². The van der Waals surface area contributed by atoms with Gasteiger partial charge < -0.3 is 0 Å². The van der Waals surface area contributed by atoms with Gasteiger partial charge in [-0.2, -0.15) is 0 Å². The van der Waals surface area contributed by atoms with Crippen LogP contribution in [-0.4, -0.2) is 0 Å². The van der Waals surface area contributed by atoms with E-state index in [2.05, 4.69) is 0 Å². The summed E-state index contributed by atoms with van der Waals surface area (Å²) >= 11 is 0.661. The Bertz CT molecular complexity index is 3850. The van der Waals surface area contributed by atoms with E-state index in [-0.39, 0.29) is 20.2 Å². The van der Waals surface area contributed by atoms with Crippen LogP contribution in [0.15, 0.2) is 157 Å². The molecule has 0 aliphatic rings. The van der Waals surface area contributed by atoms with Gasteiger partial charge in [0.05, 0.1) is 35.6 Å². The third kappa shape index (κ3) is 3.82. The van der Waals surface area contributed by atoms with Gasteiger partial charge in [0, 0.05) is 20.2 Å². The van der Waals surface area contributed by atoms with Gasteiger partial charge >= 0.3 is 0 Å². The first kappa shape index (κ1) is 9.91. The van der Waals surface area contributed by atoms with Crippen LogP contribution in [-0.2, 0) is 0 Å². The minimum Gasteiger partial charge on any atom is -0.135 e. The smallest absolute Gasteiger partial charge is 0.0644 e. The Kier molecular flexibility index (Phi) is 2.23. The van der Waals surface area contributed by atoms with Crippen molar-refractivity contribution in [2.45, 2.75) is 0 Å². The largest absolute Gasteiger partial charge is 0.135 e. The number of benzene rings is 8. The van der Waals surface area contributed by atoms with Crippen molar-refractivity contribution in [3.63, 3.8) is 0 Å². The molecular weight excluding hydrogens is 537 g/mol. The van der Waals surface area contributed by atoms with Crippen molar-refractivity contribution in [1.82, 2.24) is 0 Å². The fourth-order valence-corrected chi connectivity index (χ4v) is 6.08. The van der Waals surface area contributed by atoms with Gasteiger partial charge in [0.1, 0.15) is 0 Å². The third-order valence-electron chi connectivity index (χ3n) is 6.95. The molecule has 1 heterocycles. The van der Waals surface area contributed by atoms with E-state index in [4.69, 9.17) is 20.6 Å². The fourth-order valence-electron chi connectivity index (χ4n) is 5.11. The van der Waals surface area contributed by atoms with Gasteiger partial charge in [-0.15, -0.1) is 11.3 Å². The Labute approximate surface area is 290 Å². The SMILES string of the molecule is [2H]c1c([2H])c(-c2c3c([2H])c([2H])c([2H])c([2H])c3c(-c3c([2H])c([2H])c4c(sc5c([2H])c([2H])c([2H])c([2H])c54)c3[2H])c3c([2H])c([2H])c([2H])c([2H])c23)c([2H])c([2H])c1-c1c([2H])c([2H])c([2H])c2c([2H])c([2H])c([2H])c([2H])c12. The maximum Gasteiger partial charge on any atom is 0.0644 e. The molecule has 0 nitrogen and oxygen atoms in total. The molecule has 0 atom stereocenters. The second-order valence-corrected chi connectivity index (χ2v) is 10.3. The van der Waals surface area contributed by atoms with Gasteiger partial charge in [-0.1, -0.05) is 145 Å². The molecule has 0 saturated heterocycles. The first-order chi connectivity index (χ1) is 32.2. The first-order valence-electron chi connectivity index (χ1n) is 25.7. The maximum absolute atomic E-state index is 9.60. The molecular formula is C42H26S. The molecule has 9 aromatic rings. The van der Waals surface area contributed by atoms with Crippen LogP contribution in [0.3, 0.4) is 0 Å². The normalized spacial score (nSPS) is 20.2. The molecule has 200 valence electrons. The quantitative estimate of drug-likeness (QED) is 0.180. The molecule has 1 heteroatoms. The zero-order chi connectivity index (χ0) is 51.0. The summed E-state index contributed by atoms with van der Waals surface area (Å²) in [5.41, 5.74) is -4.22. The Balaban J connectivity index is 1.55.